The highest BCUT2D eigenvalue weighted by atomic mass is 19.1. The zero-order chi connectivity index (χ0) is 26.3. The van der Waals surface area contributed by atoms with Crippen LogP contribution in [0.1, 0.15) is 44.7 Å². The number of carbonyl (C=O) groups is 2. The fourth-order valence-corrected chi connectivity index (χ4v) is 4.37. The fourth-order valence-electron chi connectivity index (χ4n) is 4.37. The second kappa shape index (κ2) is 9.39. The van der Waals surface area contributed by atoms with Crippen LogP contribution in [0.4, 0.5) is 8.78 Å². The molecule has 0 fully saturated rings. The van der Waals surface area contributed by atoms with Gasteiger partial charge in [0.1, 0.15) is 34.6 Å². The van der Waals surface area contributed by atoms with Gasteiger partial charge in [-0.25, -0.2) is 18.4 Å². The second-order valence-corrected chi connectivity index (χ2v) is 8.51. The van der Waals surface area contributed by atoms with E-state index in [9.17, 15) is 23.5 Å². The van der Waals surface area contributed by atoms with E-state index in [1.54, 1.807) is 30.3 Å². The Labute approximate surface area is 210 Å². The number of halogens is 2. The molecule has 0 saturated carbocycles. The van der Waals surface area contributed by atoms with Crippen molar-refractivity contribution >= 4 is 11.9 Å². The Bertz CT molecular complexity index is 1560. The van der Waals surface area contributed by atoms with Gasteiger partial charge in [0.05, 0.1) is 18.2 Å². The highest BCUT2D eigenvalue weighted by Gasteiger charge is 2.27. The van der Waals surface area contributed by atoms with Crippen LogP contribution in [0.15, 0.2) is 72.8 Å². The van der Waals surface area contributed by atoms with Crippen LogP contribution < -0.4 is 14.2 Å². The molecule has 1 atom stereocenters. The van der Waals surface area contributed by atoms with Crippen molar-refractivity contribution in [3.63, 3.8) is 0 Å². The predicted molar refractivity (Wildman–Crippen MR) is 130 cm³/mol. The molecule has 186 valence electrons. The maximum absolute atomic E-state index is 14.3. The summed E-state index contributed by atoms with van der Waals surface area (Å²) in [6, 6.07) is 17.3. The molecule has 5 rings (SSSR count). The minimum atomic E-state index is -0.888. The first kappa shape index (κ1) is 24.0. The van der Waals surface area contributed by atoms with Gasteiger partial charge >= 0.3 is 11.9 Å². The number of ether oxygens (including phenoxy) is 3. The first-order chi connectivity index (χ1) is 17.7. The summed E-state index contributed by atoms with van der Waals surface area (Å²) < 4.78 is 44.1. The van der Waals surface area contributed by atoms with Crippen molar-refractivity contribution in [3.05, 3.63) is 107 Å². The number of benzene rings is 4. The van der Waals surface area contributed by atoms with Gasteiger partial charge in [0, 0.05) is 18.1 Å². The molecule has 0 heterocycles. The van der Waals surface area contributed by atoms with Crippen LogP contribution in [0, 0.1) is 11.6 Å². The van der Waals surface area contributed by atoms with Gasteiger partial charge in [-0.05, 0) is 70.8 Å². The maximum atomic E-state index is 14.3. The van der Waals surface area contributed by atoms with Crippen LogP contribution in [0.3, 0.4) is 0 Å². The van der Waals surface area contributed by atoms with Gasteiger partial charge in [-0.3, -0.25) is 0 Å². The van der Waals surface area contributed by atoms with Gasteiger partial charge in [-0.15, -0.1) is 0 Å². The van der Waals surface area contributed by atoms with E-state index in [-0.39, 0.29) is 40.0 Å². The van der Waals surface area contributed by atoms with E-state index in [1.807, 2.05) is 13.0 Å². The lowest BCUT2D eigenvalue weighted by Gasteiger charge is -2.11. The molecule has 0 radical (unpaired) electrons. The zero-order valence-corrected chi connectivity index (χ0v) is 19.7. The maximum Gasteiger partial charge on any atom is 0.346 e. The number of phenolic OH excluding ortho intramolecular Hbond substituents is 1. The van der Waals surface area contributed by atoms with Crippen LogP contribution in [0.5, 0.6) is 23.0 Å². The van der Waals surface area contributed by atoms with E-state index >= 15 is 0 Å². The third kappa shape index (κ3) is 4.49. The summed E-state index contributed by atoms with van der Waals surface area (Å²) in [5.41, 5.74) is 3.07. The number of aromatic hydroxyl groups is 1. The van der Waals surface area contributed by atoms with Crippen molar-refractivity contribution in [1.29, 1.82) is 0 Å². The minimum Gasteiger partial charge on any atom is -0.508 e. The number of rotatable bonds is 5. The van der Waals surface area contributed by atoms with E-state index < -0.39 is 23.6 Å². The van der Waals surface area contributed by atoms with E-state index in [2.05, 4.69) is 0 Å². The molecule has 0 aromatic heterocycles. The molecule has 6 nitrogen and oxygen atoms in total. The highest BCUT2D eigenvalue weighted by molar-refractivity contribution is 5.92. The molecule has 37 heavy (non-hydrogen) atoms. The van der Waals surface area contributed by atoms with E-state index in [4.69, 9.17) is 14.2 Å². The number of phenols is 1. The van der Waals surface area contributed by atoms with Gasteiger partial charge in [0.15, 0.2) is 0 Å². The highest BCUT2D eigenvalue weighted by Crippen LogP contribution is 2.47. The Hall–Kier alpha value is -4.72. The molecule has 0 amide bonds. The Balaban J connectivity index is 1.36. The van der Waals surface area contributed by atoms with Crippen molar-refractivity contribution in [1.82, 2.24) is 0 Å². The number of hydrogen-bond donors (Lipinski definition) is 1. The lowest BCUT2D eigenvalue weighted by atomic mass is 9.99. The summed E-state index contributed by atoms with van der Waals surface area (Å²) in [6.45, 7) is 1.95. The number of methoxy groups -OCH3 is 1. The van der Waals surface area contributed by atoms with Crippen LogP contribution >= 0.6 is 0 Å². The van der Waals surface area contributed by atoms with Crippen molar-refractivity contribution in [2.75, 3.05) is 7.11 Å². The van der Waals surface area contributed by atoms with Gasteiger partial charge in [0.25, 0.3) is 0 Å². The summed E-state index contributed by atoms with van der Waals surface area (Å²) in [5.74, 6) is -3.01. The van der Waals surface area contributed by atoms with Crippen LogP contribution in [-0.4, -0.2) is 24.2 Å². The molecule has 1 unspecified atom stereocenters. The predicted octanol–water partition coefficient (Wildman–Crippen LogP) is 6.25. The Morgan fingerprint density at radius 1 is 0.703 bits per heavy atom. The summed E-state index contributed by atoms with van der Waals surface area (Å²) in [6.07, 6.45) is 0. The van der Waals surface area contributed by atoms with Gasteiger partial charge in [-0.2, -0.15) is 0 Å². The molecule has 1 N–H and O–H groups in total. The van der Waals surface area contributed by atoms with Crippen molar-refractivity contribution in [2.45, 2.75) is 12.8 Å². The van der Waals surface area contributed by atoms with Gasteiger partial charge in [0.2, 0.25) is 0 Å². The summed E-state index contributed by atoms with van der Waals surface area (Å²) >= 11 is 0. The van der Waals surface area contributed by atoms with Crippen LogP contribution in [0.25, 0.3) is 11.1 Å². The SMILES string of the molecule is COc1ccc(C(=O)Oc2ccc3c(c2)C(C)c2cc(OC(=O)c4ccc(O)cc4F)ccc2-3)c(F)c1. The van der Waals surface area contributed by atoms with E-state index in [1.165, 1.54) is 25.3 Å². The molecule has 0 aliphatic heterocycles. The Kier molecular flexibility index (Phi) is 6.09. The first-order valence-corrected chi connectivity index (χ1v) is 11.3. The first-order valence-electron chi connectivity index (χ1n) is 11.3. The third-order valence-corrected chi connectivity index (χ3v) is 6.26. The molecule has 1 aliphatic carbocycles. The molecule has 4 aromatic rings. The minimum absolute atomic E-state index is 0.134. The summed E-state index contributed by atoms with van der Waals surface area (Å²) in [5, 5.41) is 9.35. The van der Waals surface area contributed by atoms with E-state index in [0.29, 0.717) is 0 Å². The lowest BCUT2D eigenvalue weighted by Crippen LogP contribution is -2.11. The average Bonchev–Trinajstić information content (AvgIpc) is 3.14. The average molecular weight is 502 g/mol. The molecular formula is C29H20F2O6. The Morgan fingerprint density at radius 2 is 1.19 bits per heavy atom. The summed E-state index contributed by atoms with van der Waals surface area (Å²) in [4.78, 5) is 25.0. The van der Waals surface area contributed by atoms with Crippen molar-refractivity contribution < 1.29 is 37.7 Å². The second-order valence-electron chi connectivity index (χ2n) is 8.51. The monoisotopic (exact) mass is 502 g/mol. The molecule has 1 aliphatic rings. The molecule has 0 saturated heterocycles. The number of carbonyl (C=O) groups excluding carboxylic acids is 2. The topological polar surface area (TPSA) is 82.1 Å². The van der Waals surface area contributed by atoms with Crippen molar-refractivity contribution in [3.8, 4) is 34.1 Å². The molecule has 4 aromatic carbocycles. The van der Waals surface area contributed by atoms with Crippen LogP contribution in [0.2, 0.25) is 0 Å². The summed E-state index contributed by atoms with van der Waals surface area (Å²) in [7, 11) is 1.40. The molecule has 0 spiro atoms. The van der Waals surface area contributed by atoms with Gasteiger partial charge < -0.3 is 19.3 Å². The molecular weight excluding hydrogens is 482 g/mol. The Morgan fingerprint density at radius 3 is 1.68 bits per heavy atom. The third-order valence-electron chi connectivity index (χ3n) is 6.26. The number of esters is 2. The van der Waals surface area contributed by atoms with Crippen LogP contribution in [-0.2, 0) is 0 Å². The van der Waals surface area contributed by atoms with Crippen molar-refractivity contribution in [2.24, 2.45) is 0 Å². The normalized spacial score (nSPS) is 13.5. The number of fused-ring (bicyclic) bond motifs is 3. The number of hydrogen-bond acceptors (Lipinski definition) is 6. The van der Waals surface area contributed by atoms with Gasteiger partial charge in [-0.1, -0.05) is 19.1 Å². The lowest BCUT2D eigenvalue weighted by molar-refractivity contribution is 0.0720. The zero-order valence-electron chi connectivity index (χ0n) is 19.7. The fraction of sp³-hybridized carbons (Fsp3) is 0.103. The standard InChI is InChI=1S/C29H20F2O6/c1-15-24-12-18(36-28(33)22-7-3-16(32)11-26(22)30)5-8-20(24)21-9-6-19(13-25(15)21)37-29(34)23-10-4-17(35-2)14-27(23)31/h3-15,32H,1-2H3. The quantitative estimate of drug-likeness (QED) is 0.257. The van der Waals surface area contributed by atoms with E-state index in [0.717, 1.165) is 40.5 Å². The smallest absolute Gasteiger partial charge is 0.346 e. The molecule has 8 heteroatoms. The molecule has 0 bridgehead atoms. The largest absolute Gasteiger partial charge is 0.508 e.